The summed E-state index contributed by atoms with van der Waals surface area (Å²) in [6.07, 6.45) is 5.15. The lowest BCUT2D eigenvalue weighted by molar-refractivity contribution is 0.402. The Hall–Kier alpha value is -1.52. The van der Waals surface area contributed by atoms with Crippen molar-refractivity contribution in [2.75, 3.05) is 7.11 Å². The normalized spacial score (nSPS) is 10.4. The quantitative estimate of drug-likeness (QED) is 0.528. The summed E-state index contributed by atoms with van der Waals surface area (Å²) in [6.45, 7) is 0. The Bertz CT molecular complexity index is 412. The van der Waals surface area contributed by atoms with Gasteiger partial charge in [0.25, 0.3) is 0 Å². The van der Waals surface area contributed by atoms with E-state index in [-0.39, 0.29) is 0 Å². The number of nitrogens with zero attached hydrogens (tertiary/aromatic N) is 3. The monoisotopic (exact) mass is 159 g/mol. The Kier molecular flexibility index (Phi) is 1.50. The van der Waals surface area contributed by atoms with E-state index < -0.39 is 0 Å². The van der Waals surface area contributed by atoms with E-state index in [0.29, 0.717) is 17.1 Å². The van der Waals surface area contributed by atoms with Crippen LogP contribution in [0, 0.1) is 0 Å². The molecule has 0 bridgehead atoms. The highest BCUT2D eigenvalue weighted by molar-refractivity contribution is 6.33. The van der Waals surface area contributed by atoms with Crippen molar-refractivity contribution >= 4 is 19.1 Å². The van der Waals surface area contributed by atoms with Gasteiger partial charge in [0, 0.05) is 18.6 Å². The SMILES string of the molecule is [B]c1cn2ccnc2nc1OC. The first kappa shape index (κ1) is 7.15. The van der Waals surface area contributed by atoms with E-state index in [1.165, 1.54) is 7.11 Å². The molecule has 12 heavy (non-hydrogen) atoms. The molecule has 4 nitrogen and oxygen atoms in total. The zero-order chi connectivity index (χ0) is 8.55. The summed E-state index contributed by atoms with van der Waals surface area (Å²) >= 11 is 0. The van der Waals surface area contributed by atoms with Gasteiger partial charge >= 0.3 is 0 Å². The molecule has 0 saturated heterocycles. The lowest BCUT2D eigenvalue weighted by Gasteiger charge is -2.02. The minimum Gasteiger partial charge on any atom is -0.481 e. The van der Waals surface area contributed by atoms with Gasteiger partial charge in [0.2, 0.25) is 11.7 Å². The maximum Gasteiger partial charge on any atom is 0.236 e. The fourth-order valence-corrected chi connectivity index (χ4v) is 1.02. The van der Waals surface area contributed by atoms with Crippen LogP contribution in [0.4, 0.5) is 0 Å². The van der Waals surface area contributed by atoms with Crippen molar-refractivity contribution in [3.63, 3.8) is 0 Å². The van der Waals surface area contributed by atoms with Crippen molar-refractivity contribution in [2.24, 2.45) is 0 Å². The van der Waals surface area contributed by atoms with Gasteiger partial charge in [-0.05, 0) is 5.46 Å². The van der Waals surface area contributed by atoms with Crippen molar-refractivity contribution < 1.29 is 4.74 Å². The molecule has 0 aliphatic carbocycles. The molecule has 2 heterocycles. The van der Waals surface area contributed by atoms with Crippen LogP contribution in [0.25, 0.3) is 5.78 Å². The molecule has 5 heteroatoms. The number of hydrogen-bond acceptors (Lipinski definition) is 3. The van der Waals surface area contributed by atoms with Crippen molar-refractivity contribution in [2.45, 2.75) is 0 Å². The van der Waals surface area contributed by atoms with Crippen LogP contribution in [-0.2, 0) is 0 Å². The van der Waals surface area contributed by atoms with E-state index in [2.05, 4.69) is 9.97 Å². The van der Waals surface area contributed by atoms with Crippen molar-refractivity contribution in [1.82, 2.24) is 14.4 Å². The molecule has 0 fully saturated rings. The van der Waals surface area contributed by atoms with Crippen LogP contribution in [-0.4, -0.2) is 29.3 Å². The van der Waals surface area contributed by atoms with E-state index in [0.717, 1.165) is 0 Å². The van der Waals surface area contributed by atoms with Crippen LogP contribution in [0.5, 0.6) is 5.88 Å². The van der Waals surface area contributed by atoms with Crippen LogP contribution in [0.15, 0.2) is 18.6 Å². The molecule has 0 saturated carbocycles. The summed E-state index contributed by atoms with van der Waals surface area (Å²) in [4.78, 5) is 8.04. The summed E-state index contributed by atoms with van der Waals surface area (Å²) in [7, 11) is 7.15. The molecule has 58 valence electrons. The highest BCUT2D eigenvalue weighted by Gasteiger charge is 2.01. The van der Waals surface area contributed by atoms with Gasteiger partial charge in [-0.2, -0.15) is 4.98 Å². The largest absolute Gasteiger partial charge is 0.481 e. The minimum absolute atomic E-state index is 0.411. The molecule has 0 atom stereocenters. The van der Waals surface area contributed by atoms with E-state index in [9.17, 15) is 0 Å². The highest BCUT2D eigenvalue weighted by atomic mass is 16.5. The van der Waals surface area contributed by atoms with Gasteiger partial charge in [-0.3, -0.25) is 4.40 Å². The van der Waals surface area contributed by atoms with Crippen LogP contribution >= 0.6 is 0 Å². The van der Waals surface area contributed by atoms with E-state index in [1.54, 1.807) is 23.0 Å². The van der Waals surface area contributed by atoms with Crippen molar-refractivity contribution in [3.8, 4) is 5.88 Å². The fraction of sp³-hybridized carbons (Fsp3) is 0.143. The zero-order valence-electron chi connectivity index (χ0n) is 6.56. The average Bonchev–Trinajstić information content (AvgIpc) is 2.49. The van der Waals surface area contributed by atoms with Gasteiger partial charge in [-0.1, -0.05) is 0 Å². The molecular weight excluding hydrogens is 153 g/mol. The topological polar surface area (TPSA) is 39.4 Å². The maximum absolute atomic E-state index is 5.62. The van der Waals surface area contributed by atoms with Gasteiger partial charge in [-0.15, -0.1) is 0 Å². The molecule has 0 aromatic carbocycles. The number of aromatic nitrogens is 3. The van der Waals surface area contributed by atoms with E-state index in [4.69, 9.17) is 12.6 Å². The Morgan fingerprint density at radius 3 is 3.17 bits per heavy atom. The lowest BCUT2D eigenvalue weighted by atomic mass is 10.00. The van der Waals surface area contributed by atoms with Gasteiger partial charge < -0.3 is 4.74 Å². The van der Waals surface area contributed by atoms with Crippen LogP contribution < -0.4 is 10.2 Å². The highest BCUT2D eigenvalue weighted by Crippen LogP contribution is 2.02. The number of rotatable bonds is 1. The Morgan fingerprint density at radius 2 is 2.42 bits per heavy atom. The molecule has 0 aliphatic heterocycles. The Balaban J connectivity index is 2.73. The second-order valence-electron chi connectivity index (χ2n) is 2.34. The first-order valence-corrected chi connectivity index (χ1v) is 3.44. The maximum atomic E-state index is 5.62. The van der Waals surface area contributed by atoms with Crippen molar-refractivity contribution in [3.05, 3.63) is 18.6 Å². The second kappa shape index (κ2) is 2.51. The summed E-state index contributed by atoms with van der Waals surface area (Å²) in [6, 6.07) is 0. The number of methoxy groups -OCH3 is 1. The molecule has 0 aliphatic rings. The first-order chi connectivity index (χ1) is 5.81. The summed E-state index contributed by atoms with van der Waals surface area (Å²) < 4.78 is 6.67. The predicted molar refractivity (Wildman–Crippen MR) is 44.9 cm³/mol. The first-order valence-electron chi connectivity index (χ1n) is 3.44. The molecule has 0 spiro atoms. The standard InChI is InChI=1S/C7H6BN3O/c1-12-6-5(8)4-11-3-2-9-7(11)10-6/h2-4H,1H3. The number of ether oxygens (including phenoxy) is 1. The van der Waals surface area contributed by atoms with Crippen LogP contribution in [0.1, 0.15) is 0 Å². The molecular formula is C7H6BN3O. The molecule has 0 unspecified atom stereocenters. The molecule has 0 amide bonds. The van der Waals surface area contributed by atoms with Gasteiger partial charge in [-0.25, -0.2) is 4.98 Å². The van der Waals surface area contributed by atoms with Gasteiger partial charge in [0.05, 0.1) is 7.11 Å². The number of imidazole rings is 1. The van der Waals surface area contributed by atoms with Gasteiger partial charge in [0.1, 0.15) is 7.85 Å². The molecule has 2 aromatic rings. The van der Waals surface area contributed by atoms with Gasteiger partial charge in [0.15, 0.2) is 0 Å². The molecule has 2 aromatic heterocycles. The second-order valence-corrected chi connectivity index (χ2v) is 2.34. The van der Waals surface area contributed by atoms with Crippen molar-refractivity contribution in [1.29, 1.82) is 0 Å². The molecule has 0 N–H and O–H groups in total. The average molecular weight is 159 g/mol. The third-order valence-corrected chi connectivity index (χ3v) is 1.57. The molecule has 2 rings (SSSR count). The zero-order valence-corrected chi connectivity index (χ0v) is 6.56. The predicted octanol–water partition coefficient (Wildman–Crippen LogP) is -0.468. The van der Waals surface area contributed by atoms with Crippen LogP contribution in [0.2, 0.25) is 0 Å². The third-order valence-electron chi connectivity index (χ3n) is 1.57. The summed E-state index contributed by atoms with van der Waals surface area (Å²) in [5, 5.41) is 0. The summed E-state index contributed by atoms with van der Waals surface area (Å²) in [5.41, 5.74) is 0.503. The lowest BCUT2D eigenvalue weighted by Crippen LogP contribution is -2.11. The number of hydrogen-bond donors (Lipinski definition) is 0. The Morgan fingerprint density at radius 1 is 1.58 bits per heavy atom. The fourth-order valence-electron chi connectivity index (χ4n) is 1.02. The Labute approximate surface area is 70.6 Å². The number of fused-ring (bicyclic) bond motifs is 1. The van der Waals surface area contributed by atoms with E-state index in [1.807, 2.05) is 0 Å². The molecule has 2 radical (unpaired) electrons. The van der Waals surface area contributed by atoms with Crippen LogP contribution in [0.3, 0.4) is 0 Å². The minimum atomic E-state index is 0.411. The van der Waals surface area contributed by atoms with E-state index >= 15 is 0 Å². The third kappa shape index (κ3) is 0.940. The summed E-state index contributed by atoms with van der Waals surface area (Å²) in [5.74, 6) is 0.995. The smallest absolute Gasteiger partial charge is 0.236 e.